The zero-order valence-electron chi connectivity index (χ0n) is 21.5. The van der Waals surface area contributed by atoms with E-state index >= 15 is 0 Å². The van der Waals surface area contributed by atoms with Gasteiger partial charge in [-0.05, 0) is 83.0 Å². The third-order valence-electron chi connectivity index (χ3n) is 5.58. The first-order chi connectivity index (χ1) is 17.0. The van der Waals surface area contributed by atoms with E-state index in [1.165, 1.54) is 0 Å². The number of aromatic nitrogens is 2. The van der Waals surface area contributed by atoms with Crippen molar-refractivity contribution in [2.24, 2.45) is 5.10 Å². The average Bonchev–Trinajstić information content (AvgIpc) is 2.73. The first-order valence-corrected chi connectivity index (χ1v) is 11.8. The van der Waals surface area contributed by atoms with Crippen LogP contribution in [0.15, 0.2) is 41.5 Å². The molecule has 0 spiro atoms. The van der Waals surface area contributed by atoms with E-state index < -0.39 is 11.7 Å². The normalized spacial score (nSPS) is 14.3. The Kier molecular flexibility index (Phi) is 6.83. The van der Waals surface area contributed by atoms with Crippen molar-refractivity contribution in [2.45, 2.75) is 53.7 Å². The molecule has 1 aliphatic heterocycles. The Labute approximate surface area is 210 Å². The van der Waals surface area contributed by atoms with E-state index in [2.05, 4.69) is 31.8 Å². The highest BCUT2D eigenvalue weighted by atomic mass is 16.6. The van der Waals surface area contributed by atoms with Crippen molar-refractivity contribution in [3.05, 3.63) is 64.5 Å². The molecule has 9 heteroatoms. The van der Waals surface area contributed by atoms with Crippen LogP contribution < -0.4 is 10.6 Å². The van der Waals surface area contributed by atoms with E-state index in [4.69, 9.17) is 4.74 Å². The van der Waals surface area contributed by atoms with E-state index in [0.29, 0.717) is 30.3 Å². The maximum absolute atomic E-state index is 12.6. The SMILES string of the molecule is Cc1ccc2cc(C=[N+]3CC(C(=O)NCc4c(C)cc(NC(=O)OC(C)(C)C)nc4C)=N3)ccc2n1. The Bertz CT molecular complexity index is 1400. The summed E-state index contributed by atoms with van der Waals surface area (Å²) in [6, 6.07) is 11.8. The van der Waals surface area contributed by atoms with Crippen LogP contribution in [0, 0.1) is 20.8 Å². The molecule has 2 amide bonds. The van der Waals surface area contributed by atoms with E-state index in [9.17, 15) is 9.59 Å². The Hall–Kier alpha value is -4.14. The molecular weight excluding hydrogens is 456 g/mol. The summed E-state index contributed by atoms with van der Waals surface area (Å²) in [6.07, 6.45) is 1.35. The Morgan fingerprint density at radius 2 is 1.83 bits per heavy atom. The molecule has 1 aliphatic rings. The van der Waals surface area contributed by atoms with Crippen LogP contribution in [0.4, 0.5) is 10.6 Å². The van der Waals surface area contributed by atoms with Gasteiger partial charge in [-0.3, -0.25) is 15.1 Å². The molecule has 0 atom stereocenters. The summed E-state index contributed by atoms with van der Waals surface area (Å²) >= 11 is 0. The maximum atomic E-state index is 12.6. The molecule has 0 unspecified atom stereocenters. The monoisotopic (exact) mass is 487 g/mol. The lowest BCUT2D eigenvalue weighted by atomic mass is 10.1. The minimum Gasteiger partial charge on any atom is -0.444 e. The number of aryl methyl sites for hydroxylation is 3. The number of amides is 2. The van der Waals surface area contributed by atoms with E-state index in [-0.39, 0.29) is 5.91 Å². The van der Waals surface area contributed by atoms with Gasteiger partial charge < -0.3 is 10.1 Å². The molecule has 36 heavy (non-hydrogen) atoms. The Morgan fingerprint density at radius 1 is 1.08 bits per heavy atom. The minimum absolute atomic E-state index is 0.215. The van der Waals surface area contributed by atoms with Gasteiger partial charge in [-0.2, -0.15) is 0 Å². The largest absolute Gasteiger partial charge is 0.444 e. The highest BCUT2D eigenvalue weighted by Crippen LogP contribution is 2.18. The van der Waals surface area contributed by atoms with Gasteiger partial charge in [0.1, 0.15) is 11.4 Å². The second-order valence-electron chi connectivity index (χ2n) is 9.88. The maximum Gasteiger partial charge on any atom is 0.413 e. The minimum atomic E-state index is -0.595. The zero-order chi connectivity index (χ0) is 26.0. The zero-order valence-corrected chi connectivity index (χ0v) is 21.5. The van der Waals surface area contributed by atoms with Gasteiger partial charge in [0.15, 0.2) is 0 Å². The number of rotatable bonds is 5. The lowest BCUT2D eigenvalue weighted by Gasteiger charge is -2.20. The summed E-state index contributed by atoms with van der Waals surface area (Å²) in [5.74, 6) is 0.191. The lowest BCUT2D eigenvalue weighted by molar-refractivity contribution is -0.536. The predicted octanol–water partition coefficient (Wildman–Crippen LogP) is 4.02. The highest BCUT2D eigenvalue weighted by molar-refractivity contribution is 6.40. The average molecular weight is 488 g/mol. The number of carbonyl (C=O) groups excluding carboxylic acids is 2. The molecule has 3 aromatic rings. The Balaban J connectivity index is 1.36. The fraction of sp³-hybridized carbons (Fsp3) is 0.333. The van der Waals surface area contributed by atoms with Crippen molar-refractivity contribution in [1.29, 1.82) is 0 Å². The molecule has 2 aromatic heterocycles. The second kappa shape index (κ2) is 9.85. The smallest absolute Gasteiger partial charge is 0.413 e. The van der Waals surface area contributed by atoms with Crippen molar-refractivity contribution >= 4 is 40.6 Å². The first kappa shape index (κ1) is 25.0. The summed E-state index contributed by atoms with van der Waals surface area (Å²) in [4.78, 5) is 33.6. The number of hydrazone groups is 1. The van der Waals surface area contributed by atoms with Crippen LogP contribution in [0.25, 0.3) is 10.9 Å². The summed E-state index contributed by atoms with van der Waals surface area (Å²) in [5.41, 5.74) is 5.31. The van der Waals surface area contributed by atoms with Gasteiger partial charge in [-0.1, -0.05) is 10.8 Å². The van der Waals surface area contributed by atoms with Gasteiger partial charge in [-0.15, -0.1) is 0 Å². The van der Waals surface area contributed by atoms with Gasteiger partial charge in [0.05, 0.1) is 5.52 Å². The van der Waals surface area contributed by atoms with E-state index in [0.717, 1.165) is 33.3 Å². The molecule has 0 radical (unpaired) electrons. The van der Waals surface area contributed by atoms with Crippen molar-refractivity contribution in [3.8, 4) is 0 Å². The molecule has 9 nitrogen and oxygen atoms in total. The number of hydrogen-bond acceptors (Lipinski definition) is 6. The third kappa shape index (κ3) is 6.10. The second-order valence-corrected chi connectivity index (χ2v) is 9.88. The topological polar surface area (TPSA) is 109 Å². The first-order valence-electron chi connectivity index (χ1n) is 11.8. The summed E-state index contributed by atoms with van der Waals surface area (Å²) in [5, 5.41) is 11.0. The molecule has 0 aliphatic carbocycles. The molecule has 2 N–H and O–H groups in total. The fourth-order valence-electron chi connectivity index (χ4n) is 3.86. The lowest BCUT2D eigenvalue weighted by Crippen LogP contribution is -2.42. The summed E-state index contributed by atoms with van der Waals surface area (Å²) in [7, 11) is 0. The van der Waals surface area contributed by atoms with Crippen LogP contribution in [-0.2, 0) is 16.1 Å². The standard InChI is InChI=1S/C27H30N6O3/c1-16-11-24(31-26(35)36-27(4,5)6)30-18(3)21(16)13-28-25(34)23-15-33(32-23)14-19-8-10-22-20(12-19)9-7-17(2)29-22/h7-12,14H,13,15H2,1-6H3,(H-,28,30,31,34,35)/p+1. The molecule has 4 rings (SSSR count). The fourth-order valence-corrected chi connectivity index (χ4v) is 3.86. The molecule has 0 saturated heterocycles. The van der Waals surface area contributed by atoms with Gasteiger partial charge in [-0.25, -0.2) is 9.78 Å². The van der Waals surface area contributed by atoms with Crippen LogP contribution in [-0.4, -0.2) is 50.7 Å². The van der Waals surface area contributed by atoms with E-state index in [1.807, 2.05) is 51.3 Å². The number of pyridine rings is 2. The molecule has 0 fully saturated rings. The van der Waals surface area contributed by atoms with Crippen molar-refractivity contribution in [1.82, 2.24) is 15.3 Å². The summed E-state index contributed by atoms with van der Waals surface area (Å²) in [6.45, 7) is 11.9. The van der Waals surface area contributed by atoms with Crippen LogP contribution >= 0.6 is 0 Å². The molecule has 1 aromatic carbocycles. The number of hydrogen-bond donors (Lipinski definition) is 2. The Morgan fingerprint density at radius 3 is 2.53 bits per heavy atom. The van der Waals surface area contributed by atoms with Crippen LogP contribution in [0.2, 0.25) is 0 Å². The predicted molar refractivity (Wildman–Crippen MR) is 140 cm³/mol. The number of nitrogens with zero attached hydrogens (tertiary/aromatic N) is 4. The third-order valence-corrected chi connectivity index (χ3v) is 5.58. The molecule has 0 saturated carbocycles. The molecule has 186 valence electrons. The number of carbonyl (C=O) groups is 2. The number of ether oxygens (including phenoxy) is 1. The summed E-state index contributed by atoms with van der Waals surface area (Å²) < 4.78 is 7.02. The van der Waals surface area contributed by atoms with Crippen molar-refractivity contribution in [2.75, 3.05) is 11.9 Å². The highest BCUT2D eigenvalue weighted by Gasteiger charge is 2.30. The van der Waals surface area contributed by atoms with Crippen LogP contribution in [0.3, 0.4) is 0 Å². The van der Waals surface area contributed by atoms with Gasteiger partial charge in [0.25, 0.3) is 5.91 Å². The number of benzene rings is 1. The van der Waals surface area contributed by atoms with Crippen LogP contribution in [0.1, 0.15) is 48.8 Å². The molecule has 3 heterocycles. The molecule has 0 bridgehead atoms. The van der Waals surface area contributed by atoms with Gasteiger partial charge in [0, 0.05) is 34.0 Å². The van der Waals surface area contributed by atoms with Crippen molar-refractivity contribution in [3.63, 3.8) is 0 Å². The van der Waals surface area contributed by atoms with Gasteiger partial charge >= 0.3 is 6.09 Å². The van der Waals surface area contributed by atoms with Crippen LogP contribution in [0.5, 0.6) is 0 Å². The molecular formula is C27H31N6O3+. The number of fused-ring (bicyclic) bond motifs is 1. The number of nitrogens with one attached hydrogen (secondary N) is 2. The van der Waals surface area contributed by atoms with Crippen molar-refractivity contribution < 1.29 is 19.0 Å². The quantitative estimate of drug-likeness (QED) is 0.529. The van der Waals surface area contributed by atoms with Gasteiger partial charge in [0.2, 0.25) is 18.5 Å². The number of anilines is 1. The van der Waals surface area contributed by atoms with E-state index in [1.54, 1.807) is 31.5 Å².